The van der Waals surface area contributed by atoms with Crippen LogP contribution in [0.15, 0.2) is 0 Å². The Balaban J connectivity index is 1.66. The van der Waals surface area contributed by atoms with E-state index in [9.17, 15) is 4.79 Å². The maximum absolute atomic E-state index is 11.8. The molecule has 2 N–H and O–H groups in total. The lowest BCUT2D eigenvalue weighted by Crippen LogP contribution is -2.44. The number of nitrogens with zero attached hydrogens (tertiary/aromatic N) is 1. The summed E-state index contributed by atoms with van der Waals surface area (Å²) >= 11 is 0. The van der Waals surface area contributed by atoms with Crippen LogP contribution in [-0.4, -0.2) is 49.6 Å². The first-order valence-electron chi connectivity index (χ1n) is 6.08. The first-order valence-corrected chi connectivity index (χ1v) is 6.08. The third-order valence-corrected chi connectivity index (χ3v) is 3.31. The molecule has 2 fully saturated rings. The fourth-order valence-electron chi connectivity index (χ4n) is 2.32. The van der Waals surface area contributed by atoms with E-state index in [1.165, 1.54) is 19.3 Å². The van der Waals surface area contributed by atoms with Crippen LogP contribution in [0.3, 0.4) is 0 Å². The molecule has 1 atom stereocenters. The second kappa shape index (κ2) is 5.47. The van der Waals surface area contributed by atoms with Crippen molar-refractivity contribution < 1.29 is 4.79 Å². The molecule has 2 aliphatic heterocycles. The molecule has 0 bridgehead atoms. The molecule has 2 rings (SSSR count). The summed E-state index contributed by atoms with van der Waals surface area (Å²) in [6.45, 7) is 4.53. The molecule has 15 heavy (non-hydrogen) atoms. The van der Waals surface area contributed by atoms with E-state index in [4.69, 9.17) is 0 Å². The Labute approximate surface area is 91.4 Å². The number of nitrogens with one attached hydrogen (secondary N) is 2. The lowest BCUT2D eigenvalue weighted by molar-refractivity contribution is -0.131. The van der Waals surface area contributed by atoms with Gasteiger partial charge in [-0.1, -0.05) is 0 Å². The normalized spacial score (nSPS) is 26.9. The molecule has 4 heteroatoms. The molecule has 0 saturated carbocycles. The Morgan fingerprint density at radius 1 is 1.33 bits per heavy atom. The van der Waals surface area contributed by atoms with Crippen LogP contribution in [0.1, 0.15) is 25.7 Å². The fourth-order valence-corrected chi connectivity index (χ4v) is 2.32. The van der Waals surface area contributed by atoms with Crippen LogP contribution in [0.4, 0.5) is 0 Å². The molecule has 0 aromatic carbocycles. The van der Waals surface area contributed by atoms with Gasteiger partial charge in [0.25, 0.3) is 0 Å². The quantitative estimate of drug-likeness (QED) is 0.688. The van der Waals surface area contributed by atoms with Crippen molar-refractivity contribution >= 4 is 5.91 Å². The van der Waals surface area contributed by atoms with Crippen molar-refractivity contribution in [2.75, 3.05) is 32.7 Å². The van der Waals surface area contributed by atoms with Gasteiger partial charge in [-0.2, -0.15) is 0 Å². The van der Waals surface area contributed by atoms with E-state index in [1.807, 2.05) is 4.90 Å². The van der Waals surface area contributed by atoms with E-state index >= 15 is 0 Å². The largest absolute Gasteiger partial charge is 0.342 e. The van der Waals surface area contributed by atoms with Gasteiger partial charge in [0.2, 0.25) is 5.91 Å². The summed E-state index contributed by atoms with van der Waals surface area (Å²) in [5.41, 5.74) is 0. The average molecular weight is 211 g/mol. The maximum Gasteiger partial charge on any atom is 0.236 e. The number of rotatable bonds is 3. The lowest BCUT2D eigenvalue weighted by Gasteiger charge is -2.27. The molecule has 0 aromatic rings. The predicted molar refractivity (Wildman–Crippen MR) is 59.7 cm³/mol. The summed E-state index contributed by atoms with van der Waals surface area (Å²) in [6.07, 6.45) is 4.78. The fraction of sp³-hybridized carbons (Fsp3) is 0.909. The second-order valence-corrected chi connectivity index (χ2v) is 4.51. The first-order chi connectivity index (χ1) is 7.36. The molecule has 0 radical (unpaired) electrons. The summed E-state index contributed by atoms with van der Waals surface area (Å²) in [5.74, 6) is 0.279. The zero-order chi connectivity index (χ0) is 10.5. The molecular formula is C11H21N3O. The zero-order valence-electron chi connectivity index (χ0n) is 9.30. The Bertz CT molecular complexity index is 208. The van der Waals surface area contributed by atoms with Gasteiger partial charge in [-0.25, -0.2) is 0 Å². The van der Waals surface area contributed by atoms with Crippen LogP contribution in [0.2, 0.25) is 0 Å². The van der Waals surface area contributed by atoms with E-state index in [2.05, 4.69) is 10.6 Å². The summed E-state index contributed by atoms with van der Waals surface area (Å²) in [4.78, 5) is 13.8. The molecule has 1 amide bonds. The topological polar surface area (TPSA) is 44.4 Å². The minimum atomic E-state index is 0.279. The van der Waals surface area contributed by atoms with Gasteiger partial charge in [-0.15, -0.1) is 0 Å². The average Bonchev–Trinajstić information content (AvgIpc) is 2.80. The monoisotopic (exact) mass is 211 g/mol. The van der Waals surface area contributed by atoms with E-state index in [1.54, 1.807) is 0 Å². The maximum atomic E-state index is 11.8. The van der Waals surface area contributed by atoms with Crippen molar-refractivity contribution in [3.05, 3.63) is 0 Å². The molecule has 2 aliphatic rings. The Hall–Kier alpha value is -0.610. The van der Waals surface area contributed by atoms with Crippen molar-refractivity contribution in [3.8, 4) is 0 Å². The van der Waals surface area contributed by atoms with Gasteiger partial charge in [0.1, 0.15) is 0 Å². The highest BCUT2D eigenvalue weighted by atomic mass is 16.2. The van der Waals surface area contributed by atoms with Crippen molar-refractivity contribution in [3.63, 3.8) is 0 Å². The smallest absolute Gasteiger partial charge is 0.236 e. The number of likely N-dealkylation sites (tertiary alicyclic amines) is 1. The number of hydrogen-bond acceptors (Lipinski definition) is 3. The third-order valence-electron chi connectivity index (χ3n) is 3.31. The molecule has 1 unspecified atom stereocenters. The minimum absolute atomic E-state index is 0.279. The van der Waals surface area contributed by atoms with Gasteiger partial charge in [-0.05, 0) is 32.2 Å². The molecule has 86 valence electrons. The number of carbonyl (C=O) groups is 1. The van der Waals surface area contributed by atoms with Gasteiger partial charge in [0.15, 0.2) is 0 Å². The van der Waals surface area contributed by atoms with Crippen LogP contribution in [-0.2, 0) is 4.79 Å². The van der Waals surface area contributed by atoms with E-state index < -0.39 is 0 Å². The van der Waals surface area contributed by atoms with Crippen LogP contribution in [0.25, 0.3) is 0 Å². The van der Waals surface area contributed by atoms with Crippen LogP contribution >= 0.6 is 0 Å². The van der Waals surface area contributed by atoms with Gasteiger partial charge in [0, 0.05) is 25.7 Å². The van der Waals surface area contributed by atoms with Gasteiger partial charge in [0.05, 0.1) is 6.54 Å². The van der Waals surface area contributed by atoms with Crippen LogP contribution < -0.4 is 10.6 Å². The van der Waals surface area contributed by atoms with Crippen LogP contribution in [0, 0.1) is 0 Å². The summed E-state index contributed by atoms with van der Waals surface area (Å²) in [7, 11) is 0. The van der Waals surface area contributed by atoms with E-state index in [-0.39, 0.29) is 5.91 Å². The molecule has 2 heterocycles. The molecule has 0 aliphatic carbocycles. The Morgan fingerprint density at radius 2 is 2.13 bits per heavy atom. The molecule has 2 saturated heterocycles. The van der Waals surface area contributed by atoms with Crippen molar-refractivity contribution in [2.24, 2.45) is 0 Å². The number of amides is 1. The van der Waals surface area contributed by atoms with Gasteiger partial charge in [-0.3, -0.25) is 4.79 Å². The Morgan fingerprint density at radius 3 is 2.80 bits per heavy atom. The molecule has 4 nitrogen and oxygen atoms in total. The third kappa shape index (κ3) is 3.18. The van der Waals surface area contributed by atoms with Crippen molar-refractivity contribution in [2.45, 2.75) is 31.7 Å². The van der Waals surface area contributed by atoms with Gasteiger partial charge < -0.3 is 15.5 Å². The predicted octanol–water partition coefficient (Wildman–Crippen LogP) is -0.0496. The number of carbonyl (C=O) groups excluding carboxylic acids is 1. The molecule has 0 aromatic heterocycles. The SMILES string of the molecule is O=C(CNC1CCNC1)N1CCCCC1. The minimum Gasteiger partial charge on any atom is -0.342 e. The lowest BCUT2D eigenvalue weighted by atomic mass is 10.1. The summed E-state index contributed by atoms with van der Waals surface area (Å²) < 4.78 is 0. The molecule has 0 spiro atoms. The summed E-state index contributed by atoms with van der Waals surface area (Å²) in [6, 6.07) is 0.499. The highest BCUT2D eigenvalue weighted by Crippen LogP contribution is 2.08. The van der Waals surface area contributed by atoms with E-state index in [0.717, 1.165) is 32.6 Å². The van der Waals surface area contributed by atoms with Crippen molar-refractivity contribution in [1.29, 1.82) is 0 Å². The number of hydrogen-bond donors (Lipinski definition) is 2. The Kier molecular flexibility index (Phi) is 3.97. The standard InChI is InChI=1S/C11H21N3O/c15-11(14-6-2-1-3-7-14)9-13-10-4-5-12-8-10/h10,12-13H,1-9H2. The van der Waals surface area contributed by atoms with Crippen LogP contribution in [0.5, 0.6) is 0 Å². The highest BCUT2D eigenvalue weighted by molar-refractivity contribution is 5.78. The first kappa shape index (κ1) is 10.9. The number of piperidine rings is 1. The molecular weight excluding hydrogens is 190 g/mol. The highest BCUT2D eigenvalue weighted by Gasteiger charge is 2.19. The second-order valence-electron chi connectivity index (χ2n) is 4.51. The van der Waals surface area contributed by atoms with Gasteiger partial charge >= 0.3 is 0 Å². The van der Waals surface area contributed by atoms with Crippen molar-refractivity contribution in [1.82, 2.24) is 15.5 Å². The zero-order valence-corrected chi connectivity index (χ0v) is 9.30. The summed E-state index contributed by atoms with van der Waals surface area (Å²) in [5, 5.41) is 6.61. The van der Waals surface area contributed by atoms with E-state index in [0.29, 0.717) is 12.6 Å².